The van der Waals surface area contributed by atoms with Crippen LogP contribution in [0.1, 0.15) is 16.8 Å². The van der Waals surface area contributed by atoms with Crippen molar-refractivity contribution in [2.75, 3.05) is 14.2 Å². The zero-order chi connectivity index (χ0) is 22.0. The van der Waals surface area contributed by atoms with Crippen LogP contribution in [-0.4, -0.2) is 33.4 Å². The number of nitrogens with zero attached hydrogens (tertiary/aromatic N) is 4. The van der Waals surface area contributed by atoms with Crippen molar-refractivity contribution in [2.24, 2.45) is 0 Å². The minimum absolute atomic E-state index is 0. The largest absolute Gasteiger partial charge is 1.00 e. The maximum absolute atomic E-state index is 12.9. The van der Waals surface area contributed by atoms with Crippen LogP contribution in [0.25, 0.3) is 11.2 Å². The molecule has 160 valence electrons. The molecular formula is C22H21N4NaO4S. The van der Waals surface area contributed by atoms with E-state index in [-0.39, 0.29) is 40.5 Å². The average molecular weight is 460 g/mol. The fraction of sp³-hybridized carbons (Fsp3) is 0.227. The fourth-order valence-electron chi connectivity index (χ4n) is 3.03. The Kier molecular flexibility index (Phi) is 7.89. The van der Waals surface area contributed by atoms with Crippen molar-refractivity contribution in [1.29, 1.82) is 0 Å². The molecule has 0 saturated heterocycles. The van der Waals surface area contributed by atoms with E-state index in [2.05, 4.69) is 19.9 Å². The molecule has 32 heavy (non-hydrogen) atoms. The third-order valence-electron chi connectivity index (χ3n) is 4.77. The van der Waals surface area contributed by atoms with Crippen LogP contribution in [0, 0.1) is 13.8 Å². The summed E-state index contributed by atoms with van der Waals surface area (Å²) >= 11 is 0. The van der Waals surface area contributed by atoms with Crippen LogP contribution in [0.4, 0.5) is 0 Å². The first-order valence-electron chi connectivity index (χ1n) is 9.49. The Balaban J connectivity index is 0.00000289. The van der Waals surface area contributed by atoms with Crippen molar-refractivity contribution in [3.05, 3.63) is 59.4 Å². The van der Waals surface area contributed by atoms with Gasteiger partial charge in [-0.05, 0) is 55.8 Å². The Morgan fingerprint density at radius 2 is 1.72 bits per heavy atom. The summed E-state index contributed by atoms with van der Waals surface area (Å²) in [4.78, 5) is 17.6. The molecule has 1 unspecified atom stereocenters. The molecule has 0 fully saturated rings. The topological polar surface area (TPSA) is 97.5 Å². The predicted molar refractivity (Wildman–Crippen MR) is 116 cm³/mol. The summed E-state index contributed by atoms with van der Waals surface area (Å²) in [6, 6.07) is 10.8. The van der Waals surface area contributed by atoms with Crippen LogP contribution in [-0.2, 0) is 16.6 Å². The number of methoxy groups -OCH3 is 2. The van der Waals surface area contributed by atoms with Crippen molar-refractivity contribution in [3.8, 4) is 23.1 Å². The summed E-state index contributed by atoms with van der Waals surface area (Å²) in [5, 5.41) is 0.215. The summed E-state index contributed by atoms with van der Waals surface area (Å²) in [7, 11) is 1.72. The normalized spacial score (nSPS) is 11.6. The Bertz CT molecular complexity index is 1260. The van der Waals surface area contributed by atoms with Crippen molar-refractivity contribution in [2.45, 2.75) is 24.8 Å². The molecule has 4 rings (SSSR count). The van der Waals surface area contributed by atoms with E-state index in [9.17, 15) is 4.21 Å². The summed E-state index contributed by atoms with van der Waals surface area (Å²) in [6.45, 7) is 3.76. The van der Waals surface area contributed by atoms with Gasteiger partial charge in [-0.1, -0.05) is 0 Å². The quantitative estimate of drug-likeness (QED) is 0.372. The molecule has 8 nitrogen and oxygen atoms in total. The second kappa shape index (κ2) is 10.4. The van der Waals surface area contributed by atoms with E-state index in [1.807, 2.05) is 19.9 Å². The molecule has 0 N–H and O–H groups in total. The molecule has 0 saturated carbocycles. The fourth-order valence-corrected chi connectivity index (χ4v) is 4.09. The van der Waals surface area contributed by atoms with Crippen molar-refractivity contribution < 1.29 is 48.0 Å². The number of benzene rings is 1. The number of aryl methyl sites for hydroxylation is 1. The molecule has 4 aromatic rings. The number of pyridine rings is 2. The molecule has 0 aliphatic heterocycles. The van der Waals surface area contributed by atoms with Gasteiger partial charge < -0.3 is 29.2 Å². The second-order valence-corrected chi connectivity index (χ2v) is 8.16. The molecule has 0 bridgehead atoms. The molecule has 1 aromatic carbocycles. The van der Waals surface area contributed by atoms with Gasteiger partial charge >= 0.3 is 29.6 Å². The number of fused-ring (bicyclic) bond motifs is 1. The van der Waals surface area contributed by atoms with Gasteiger partial charge in [0.05, 0.1) is 41.6 Å². The molecule has 10 heteroatoms. The van der Waals surface area contributed by atoms with Gasteiger partial charge in [0.15, 0.2) is 5.88 Å². The molecule has 0 spiro atoms. The standard InChI is InChI=1S/C22H21N4O4S.Na/c1-13-11-17-20(25-21(13)30-16-7-5-15(28-3)6-8-16)26-22(24-17)31(27)12-18-14(2)19(29-4)9-10-23-18;/h5-11H,12H2,1-4H3;/q-1;+1. The number of rotatable bonds is 7. The van der Waals surface area contributed by atoms with Gasteiger partial charge in [0.25, 0.3) is 0 Å². The zero-order valence-electron chi connectivity index (χ0n) is 18.6. The van der Waals surface area contributed by atoms with Crippen LogP contribution < -0.4 is 48.8 Å². The van der Waals surface area contributed by atoms with Gasteiger partial charge in [-0.15, -0.1) is 0 Å². The first kappa shape index (κ1) is 24.2. The summed E-state index contributed by atoms with van der Waals surface area (Å²) in [5.41, 5.74) is 3.27. The Labute approximate surface area is 210 Å². The maximum Gasteiger partial charge on any atom is 1.00 e. The van der Waals surface area contributed by atoms with Crippen molar-refractivity contribution in [1.82, 2.24) is 19.9 Å². The molecule has 3 heterocycles. The zero-order valence-corrected chi connectivity index (χ0v) is 21.4. The predicted octanol–water partition coefficient (Wildman–Crippen LogP) is 0.720. The van der Waals surface area contributed by atoms with Gasteiger partial charge in [-0.3, -0.25) is 9.19 Å². The van der Waals surface area contributed by atoms with Gasteiger partial charge in [0.1, 0.15) is 17.2 Å². The van der Waals surface area contributed by atoms with Gasteiger partial charge in [0.2, 0.25) is 0 Å². The third kappa shape index (κ3) is 5.12. The average Bonchev–Trinajstić information content (AvgIpc) is 3.19. The molecule has 0 amide bonds. The van der Waals surface area contributed by atoms with Crippen LogP contribution in [0.2, 0.25) is 0 Å². The molecular weight excluding hydrogens is 439 g/mol. The smallest absolute Gasteiger partial charge is 0.497 e. The summed E-state index contributed by atoms with van der Waals surface area (Å²) in [5.74, 6) is 2.67. The molecule has 3 aromatic heterocycles. The minimum atomic E-state index is -1.48. The van der Waals surface area contributed by atoms with Gasteiger partial charge in [-0.25, -0.2) is 0 Å². The van der Waals surface area contributed by atoms with Crippen LogP contribution in [0.15, 0.2) is 47.8 Å². The second-order valence-electron chi connectivity index (χ2n) is 6.81. The maximum atomic E-state index is 12.9. The molecule has 0 radical (unpaired) electrons. The van der Waals surface area contributed by atoms with E-state index >= 15 is 0 Å². The van der Waals surface area contributed by atoms with Crippen molar-refractivity contribution in [3.63, 3.8) is 0 Å². The van der Waals surface area contributed by atoms with Crippen LogP contribution in [0.5, 0.6) is 23.1 Å². The number of aromatic nitrogens is 4. The van der Waals surface area contributed by atoms with Gasteiger partial charge in [0, 0.05) is 22.9 Å². The van der Waals surface area contributed by atoms with Crippen LogP contribution in [0.3, 0.4) is 0 Å². The number of imidazole rings is 1. The molecule has 1 atom stereocenters. The van der Waals surface area contributed by atoms with E-state index in [1.54, 1.807) is 50.7 Å². The summed E-state index contributed by atoms with van der Waals surface area (Å²) in [6.07, 6.45) is 1.63. The Hall–Kier alpha value is -2.46. The van der Waals surface area contributed by atoms with E-state index < -0.39 is 10.8 Å². The first-order chi connectivity index (χ1) is 15.0. The first-order valence-corrected chi connectivity index (χ1v) is 10.8. The minimum Gasteiger partial charge on any atom is -0.497 e. The van der Waals surface area contributed by atoms with E-state index in [4.69, 9.17) is 14.2 Å². The SMILES string of the molecule is COc1ccc(Oc2nc3[n-]c(S(=O)Cc4nccc(OC)c4C)nc3cc2C)cc1.[Na+]. The van der Waals surface area contributed by atoms with Crippen LogP contribution >= 0.6 is 0 Å². The van der Waals surface area contributed by atoms with E-state index in [0.717, 1.165) is 16.9 Å². The third-order valence-corrected chi connectivity index (χ3v) is 5.89. The Morgan fingerprint density at radius 3 is 2.41 bits per heavy atom. The monoisotopic (exact) mass is 460 g/mol. The number of ether oxygens (including phenoxy) is 3. The van der Waals surface area contributed by atoms with E-state index in [0.29, 0.717) is 34.2 Å². The van der Waals surface area contributed by atoms with Crippen molar-refractivity contribution >= 4 is 22.0 Å². The van der Waals surface area contributed by atoms with Gasteiger partial charge in [-0.2, -0.15) is 0 Å². The Morgan fingerprint density at radius 1 is 1.00 bits per heavy atom. The molecule has 0 aliphatic rings. The van der Waals surface area contributed by atoms with E-state index in [1.165, 1.54) is 0 Å². The number of hydrogen-bond acceptors (Lipinski definition) is 7. The summed E-state index contributed by atoms with van der Waals surface area (Å²) < 4.78 is 29.2. The molecule has 0 aliphatic carbocycles. The number of hydrogen-bond donors (Lipinski definition) is 0.